The highest BCUT2D eigenvalue weighted by atomic mass is 32.2. The van der Waals surface area contributed by atoms with Crippen molar-refractivity contribution >= 4 is 29.5 Å². The molecule has 0 saturated carbocycles. The zero-order valence-corrected chi connectivity index (χ0v) is 16.0. The molecule has 0 aliphatic carbocycles. The molecule has 1 N–H and O–H groups in total. The summed E-state index contributed by atoms with van der Waals surface area (Å²) < 4.78 is 9.77. The Bertz CT molecular complexity index is 738. The van der Waals surface area contributed by atoms with Crippen molar-refractivity contribution in [3.05, 3.63) is 35.9 Å². The molecule has 0 radical (unpaired) electrons. The molecule has 2 fully saturated rings. The number of thioether (sulfide) groups is 1. The van der Waals surface area contributed by atoms with Crippen molar-refractivity contribution in [2.24, 2.45) is 0 Å². The highest BCUT2D eigenvalue weighted by Gasteiger charge is 2.73. The molecule has 0 spiro atoms. The Morgan fingerprint density at radius 1 is 1.23 bits per heavy atom. The zero-order valence-electron chi connectivity index (χ0n) is 15.1. The fourth-order valence-electron chi connectivity index (χ4n) is 3.51. The molecule has 1 aromatic carbocycles. The van der Waals surface area contributed by atoms with Crippen LogP contribution in [0, 0.1) is 0 Å². The third-order valence-electron chi connectivity index (χ3n) is 4.78. The number of hydrogen-bond acceptors (Lipinski definition) is 6. The number of ether oxygens (including phenoxy) is 2. The van der Waals surface area contributed by atoms with Gasteiger partial charge in [-0.3, -0.25) is 9.59 Å². The lowest BCUT2D eigenvalue weighted by Gasteiger charge is -2.51. The van der Waals surface area contributed by atoms with Gasteiger partial charge in [0.15, 0.2) is 0 Å². The average Bonchev–Trinajstić information content (AvgIpc) is 2.88. The molecular weight excluding hydrogens is 356 g/mol. The number of carbonyl (C=O) groups excluding carboxylic acids is 3. The quantitative estimate of drug-likeness (QED) is 0.466. The van der Waals surface area contributed by atoms with Gasteiger partial charge in [0.05, 0.1) is 13.5 Å². The second-order valence-electron chi connectivity index (χ2n) is 6.86. The van der Waals surface area contributed by atoms with Gasteiger partial charge in [-0.2, -0.15) is 0 Å². The van der Waals surface area contributed by atoms with E-state index >= 15 is 0 Å². The topological polar surface area (TPSA) is 84.9 Å². The van der Waals surface area contributed by atoms with Crippen LogP contribution in [0.4, 0.5) is 0 Å². The molecule has 26 heavy (non-hydrogen) atoms. The third kappa shape index (κ3) is 2.77. The average molecular weight is 378 g/mol. The van der Waals surface area contributed by atoms with E-state index in [-0.39, 0.29) is 12.3 Å². The van der Waals surface area contributed by atoms with Crippen LogP contribution in [-0.2, 0) is 30.3 Å². The van der Waals surface area contributed by atoms with E-state index in [1.807, 2.05) is 44.2 Å². The van der Waals surface area contributed by atoms with E-state index in [9.17, 15) is 14.4 Å². The predicted molar refractivity (Wildman–Crippen MR) is 96.1 cm³/mol. The van der Waals surface area contributed by atoms with Gasteiger partial charge in [0, 0.05) is 11.9 Å². The molecule has 7 nitrogen and oxygen atoms in total. The van der Waals surface area contributed by atoms with E-state index in [1.54, 1.807) is 0 Å². The number of carbonyl (C=O) groups is 3. The monoisotopic (exact) mass is 378 g/mol. The standard InChI is InChI=1S/C18H22N2O5S/c1-17(2)13(14(22)24-3)20-15(23)18(25-4,16(20)26-17)19-12(21)10-11-8-6-5-7-9-11/h5-9,13,16H,10H2,1-4H3,(H,19,21)/t13?,16-,18-/m0/s1. The molecular formula is C18H22N2O5S. The lowest BCUT2D eigenvalue weighted by atomic mass is 9.93. The fourth-order valence-corrected chi connectivity index (χ4v) is 5.18. The van der Waals surface area contributed by atoms with Crippen molar-refractivity contribution in [1.82, 2.24) is 10.2 Å². The number of esters is 1. The Balaban J connectivity index is 1.80. The second kappa shape index (κ2) is 6.59. The van der Waals surface area contributed by atoms with E-state index in [0.29, 0.717) is 0 Å². The minimum atomic E-state index is -1.46. The Labute approximate surface area is 156 Å². The van der Waals surface area contributed by atoms with Crippen LogP contribution in [0.3, 0.4) is 0 Å². The number of nitrogens with zero attached hydrogens (tertiary/aromatic N) is 1. The highest BCUT2D eigenvalue weighted by molar-refractivity contribution is 8.01. The summed E-state index contributed by atoms with van der Waals surface area (Å²) in [6.45, 7) is 3.74. The molecule has 3 rings (SSSR count). The van der Waals surface area contributed by atoms with Crippen molar-refractivity contribution in [2.75, 3.05) is 14.2 Å². The number of nitrogens with one attached hydrogen (secondary N) is 1. The number of β-lactam (4-membered cyclic amide) rings is 1. The first-order chi connectivity index (χ1) is 12.3. The third-order valence-corrected chi connectivity index (χ3v) is 6.40. The number of hydrogen-bond donors (Lipinski definition) is 1. The summed E-state index contributed by atoms with van der Waals surface area (Å²) in [5.41, 5.74) is -0.622. The Morgan fingerprint density at radius 3 is 2.46 bits per heavy atom. The van der Waals surface area contributed by atoms with Crippen LogP contribution in [0.1, 0.15) is 19.4 Å². The van der Waals surface area contributed by atoms with Gasteiger partial charge in [0.25, 0.3) is 11.6 Å². The Hall–Kier alpha value is -2.06. The minimum Gasteiger partial charge on any atom is -0.467 e. The molecule has 1 aromatic rings. The maximum Gasteiger partial charge on any atom is 0.330 e. The first-order valence-corrected chi connectivity index (χ1v) is 9.13. The van der Waals surface area contributed by atoms with Crippen molar-refractivity contribution in [3.63, 3.8) is 0 Å². The molecule has 2 heterocycles. The molecule has 140 valence electrons. The summed E-state index contributed by atoms with van der Waals surface area (Å²) >= 11 is 1.42. The van der Waals surface area contributed by atoms with Crippen LogP contribution in [0.25, 0.3) is 0 Å². The second-order valence-corrected chi connectivity index (χ2v) is 8.60. The van der Waals surface area contributed by atoms with Gasteiger partial charge in [-0.25, -0.2) is 4.79 Å². The summed E-state index contributed by atoms with van der Waals surface area (Å²) in [6.07, 6.45) is 0.139. The molecule has 0 aromatic heterocycles. The minimum absolute atomic E-state index is 0.139. The summed E-state index contributed by atoms with van der Waals surface area (Å²) in [7, 11) is 2.68. The van der Waals surface area contributed by atoms with Gasteiger partial charge in [0.2, 0.25) is 5.91 Å². The van der Waals surface area contributed by atoms with Gasteiger partial charge < -0.3 is 19.7 Å². The van der Waals surface area contributed by atoms with E-state index in [2.05, 4.69) is 5.32 Å². The van der Waals surface area contributed by atoms with Crippen LogP contribution in [0.15, 0.2) is 30.3 Å². The van der Waals surface area contributed by atoms with Crippen LogP contribution in [0.5, 0.6) is 0 Å². The summed E-state index contributed by atoms with van der Waals surface area (Å²) in [5.74, 6) is -1.22. The number of amides is 2. The molecule has 1 unspecified atom stereocenters. The first-order valence-electron chi connectivity index (χ1n) is 8.25. The molecule has 0 bridgehead atoms. The van der Waals surface area contributed by atoms with Crippen molar-refractivity contribution in [1.29, 1.82) is 0 Å². The van der Waals surface area contributed by atoms with Crippen LogP contribution in [-0.4, -0.2) is 58.8 Å². The van der Waals surface area contributed by atoms with E-state index in [4.69, 9.17) is 9.47 Å². The number of rotatable bonds is 5. The lowest BCUT2D eigenvalue weighted by Crippen LogP contribution is -2.80. The van der Waals surface area contributed by atoms with Gasteiger partial charge >= 0.3 is 5.97 Å². The van der Waals surface area contributed by atoms with E-state index in [0.717, 1.165) is 5.56 Å². The number of methoxy groups -OCH3 is 2. The molecule has 2 aliphatic heterocycles. The summed E-state index contributed by atoms with van der Waals surface area (Å²) in [6, 6.07) is 8.53. The molecule has 2 aliphatic rings. The fraction of sp³-hybridized carbons (Fsp3) is 0.500. The van der Waals surface area contributed by atoms with Crippen molar-refractivity contribution < 1.29 is 23.9 Å². The SMILES string of the molecule is COC(=O)C1N2C(=O)[C@](NC(=O)Cc3ccccc3)(OC)[C@@H]2SC1(C)C. The summed E-state index contributed by atoms with van der Waals surface area (Å²) in [5, 5.41) is 2.25. The molecule has 8 heteroatoms. The van der Waals surface area contributed by atoms with E-state index < -0.39 is 33.8 Å². The maximum atomic E-state index is 12.9. The van der Waals surface area contributed by atoms with Gasteiger partial charge in [-0.1, -0.05) is 30.3 Å². The first kappa shape index (κ1) is 18.7. The van der Waals surface area contributed by atoms with Gasteiger partial charge in [0.1, 0.15) is 11.4 Å². The van der Waals surface area contributed by atoms with Crippen LogP contribution < -0.4 is 5.32 Å². The lowest BCUT2D eigenvalue weighted by molar-refractivity contribution is -0.201. The number of benzene rings is 1. The van der Waals surface area contributed by atoms with Crippen molar-refractivity contribution in [3.8, 4) is 0 Å². The van der Waals surface area contributed by atoms with Gasteiger partial charge in [-0.05, 0) is 19.4 Å². The Kier molecular flexibility index (Phi) is 4.74. The maximum absolute atomic E-state index is 12.9. The molecule has 2 amide bonds. The van der Waals surface area contributed by atoms with Crippen LogP contribution >= 0.6 is 11.8 Å². The zero-order chi connectivity index (χ0) is 19.1. The summed E-state index contributed by atoms with van der Waals surface area (Å²) in [4.78, 5) is 39.0. The predicted octanol–water partition coefficient (Wildman–Crippen LogP) is 0.923. The smallest absolute Gasteiger partial charge is 0.330 e. The normalized spacial score (nSPS) is 28.9. The van der Waals surface area contributed by atoms with Crippen molar-refractivity contribution in [2.45, 2.75) is 42.2 Å². The van der Waals surface area contributed by atoms with Gasteiger partial charge in [-0.15, -0.1) is 11.8 Å². The van der Waals surface area contributed by atoms with Crippen LogP contribution in [0.2, 0.25) is 0 Å². The molecule has 3 atom stereocenters. The Morgan fingerprint density at radius 2 is 1.88 bits per heavy atom. The van der Waals surface area contributed by atoms with E-state index in [1.165, 1.54) is 30.9 Å². The molecule has 2 saturated heterocycles. The highest BCUT2D eigenvalue weighted by Crippen LogP contribution is 2.55. The largest absolute Gasteiger partial charge is 0.467 e. The number of fused-ring (bicyclic) bond motifs is 1.